The average Bonchev–Trinajstić information content (AvgIpc) is 2.67. The van der Waals surface area contributed by atoms with Crippen molar-refractivity contribution in [3.05, 3.63) is 0 Å². The van der Waals surface area contributed by atoms with Crippen LogP contribution >= 0.6 is 0 Å². The molecule has 4 nitrogen and oxygen atoms in total. The molecule has 0 aromatic rings. The Morgan fingerprint density at radius 1 is 1.56 bits per heavy atom. The van der Waals surface area contributed by atoms with Crippen molar-refractivity contribution in [2.75, 3.05) is 13.7 Å². The summed E-state index contributed by atoms with van der Waals surface area (Å²) in [5, 5.41) is 3.16. The monoisotopic (exact) mass is 225 g/mol. The highest BCUT2D eigenvalue weighted by molar-refractivity contribution is 5.78. The van der Waals surface area contributed by atoms with Crippen molar-refractivity contribution >= 4 is 5.96 Å². The number of rotatable bonds is 4. The fraction of sp³-hybridized carbons (Fsp3) is 0.917. The second kappa shape index (κ2) is 4.62. The Labute approximate surface area is 97.6 Å². The summed E-state index contributed by atoms with van der Waals surface area (Å²) in [5.74, 6) is 0.582. The van der Waals surface area contributed by atoms with Crippen LogP contribution in [-0.4, -0.2) is 31.8 Å². The zero-order valence-electron chi connectivity index (χ0n) is 10.3. The number of guanidine groups is 1. The van der Waals surface area contributed by atoms with E-state index in [0.29, 0.717) is 24.0 Å². The first-order valence-electron chi connectivity index (χ1n) is 6.25. The van der Waals surface area contributed by atoms with Gasteiger partial charge in [-0.15, -0.1) is 0 Å². The van der Waals surface area contributed by atoms with Crippen LogP contribution in [0.5, 0.6) is 0 Å². The SMILES string of the molecule is COCC(C)NC(N)=NC1CC12CCCC2. The number of hydrogen-bond donors (Lipinski definition) is 2. The molecule has 92 valence electrons. The second-order valence-electron chi connectivity index (χ2n) is 5.30. The predicted molar refractivity (Wildman–Crippen MR) is 65.4 cm³/mol. The van der Waals surface area contributed by atoms with Crippen molar-refractivity contribution < 1.29 is 4.74 Å². The molecule has 2 atom stereocenters. The van der Waals surface area contributed by atoms with Crippen LogP contribution < -0.4 is 11.1 Å². The Bertz CT molecular complexity index is 271. The fourth-order valence-electron chi connectivity index (χ4n) is 2.87. The topological polar surface area (TPSA) is 59.6 Å². The number of aliphatic imine (C=N–C) groups is 1. The molecule has 4 heteroatoms. The summed E-state index contributed by atoms with van der Waals surface area (Å²) in [6, 6.07) is 0.712. The molecule has 0 aliphatic heterocycles. The van der Waals surface area contributed by atoms with Crippen molar-refractivity contribution in [3.8, 4) is 0 Å². The largest absolute Gasteiger partial charge is 0.383 e. The maximum atomic E-state index is 5.88. The molecule has 0 aromatic carbocycles. The predicted octanol–water partition coefficient (Wildman–Crippen LogP) is 1.26. The third kappa shape index (κ3) is 2.48. The van der Waals surface area contributed by atoms with E-state index in [1.54, 1.807) is 7.11 Å². The minimum absolute atomic E-state index is 0.229. The van der Waals surface area contributed by atoms with Crippen molar-refractivity contribution in [2.24, 2.45) is 16.1 Å². The van der Waals surface area contributed by atoms with Crippen LogP contribution in [0.1, 0.15) is 39.0 Å². The molecule has 0 radical (unpaired) electrons. The lowest BCUT2D eigenvalue weighted by Gasteiger charge is -2.13. The smallest absolute Gasteiger partial charge is 0.189 e. The molecule has 0 saturated heterocycles. The maximum absolute atomic E-state index is 5.88. The van der Waals surface area contributed by atoms with Crippen LogP contribution in [0.25, 0.3) is 0 Å². The molecule has 0 amide bonds. The number of ether oxygens (including phenoxy) is 1. The van der Waals surface area contributed by atoms with E-state index < -0.39 is 0 Å². The molecular weight excluding hydrogens is 202 g/mol. The number of hydrogen-bond acceptors (Lipinski definition) is 2. The molecule has 3 N–H and O–H groups in total. The molecule has 0 aromatic heterocycles. The van der Waals surface area contributed by atoms with Gasteiger partial charge in [0.15, 0.2) is 5.96 Å². The van der Waals surface area contributed by atoms with Gasteiger partial charge in [0.2, 0.25) is 0 Å². The molecule has 2 unspecified atom stereocenters. The third-order valence-corrected chi connectivity index (χ3v) is 3.85. The van der Waals surface area contributed by atoms with Gasteiger partial charge in [0, 0.05) is 13.2 Å². The van der Waals surface area contributed by atoms with Gasteiger partial charge in [-0.25, -0.2) is 4.99 Å². The van der Waals surface area contributed by atoms with Crippen LogP contribution in [0.3, 0.4) is 0 Å². The van der Waals surface area contributed by atoms with Crippen LogP contribution in [-0.2, 0) is 4.74 Å². The van der Waals surface area contributed by atoms with E-state index in [1.165, 1.54) is 32.1 Å². The molecule has 1 spiro atoms. The summed E-state index contributed by atoms with van der Waals surface area (Å²) in [6.45, 7) is 2.70. The number of nitrogens with one attached hydrogen (secondary N) is 1. The van der Waals surface area contributed by atoms with Crippen molar-refractivity contribution in [2.45, 2.75) is 51.1 Å². The van der Waals surface area contributed by atoms with Crippen LogP contribution in [0.4, 0.5) is 0 Å². The number of nitrogens with zero attached hydrogens (tertiary/aromatic N) is 1. The van der Waals surface area contributed by atoms with Gasteiger partial charge in [0.25, 0.3) is 0 Å². The summed E-state index contributed by atoms with van der Waals surface area (Å²) < 4.78 is 5.05. The average molecular weight is 225 g/mol. The quantitative estimate of drug-likeness (QED) is 0.559. The summed E-state index contributed by atoms with van der Waals surface area (Å²) >= 11 is 0. The lowest BCUT2D eigenvalue weighted by atomic mass is 10.1. The minimum atomic E-state index is 0.229. The van der Waals surface area contributed by atoms with Crippen molar-refractivity contribution in [1.82, 2.24) is 5.32 Å². The molecule has 0 bridgehead atoms. The fourth-order valence-corrected chi connectivity index (χ4v) is 2.87. The first-order valence-corrected chi connectivity index (χ1v) is 6.25. The summed E-state index contributed by atoms with van der Waals surface area (Å²) in [6.07, 6.45) is 6.69. The van der Waals surface area contributed by atoms with E-state index in [0.717, 1.165) is 0 Å². The van der Waals surface area contributed by atoms with Gasteiger partial charge >= 0.3 is 0 Å². The number of nitrogens with two attached hydrogens (primary N) is 1. The Morgan fingerprint density at radius 2 is 2.25 bits per heavy atom. The van der Waals surface area contributed by atoms with E-state index in [4.69, 9.17) is 10.5 Å². The van der Waals surface area contributed by atoms with Crippen molar-refractivity contribution in [1.29, 1.82) is 0 Å². The third-order valence-electron chi connectivity index (χ3n) is 3.85. The van der Waals surface area contributed by atoms with E-state index in [1.807, 2.05) is 6.92 Å². The van der Waals surface area contributed by atoms with Gasteiger partial charge in [-0.3, -0.25) is 0 Å². The summed E-state index contributed by atoms with van der Waals surface area (Å²) in [5.41, 5.74) is 6.42. The first-order chi connectivity index (χ1) is 7.66. The second-order valence-corrected chi connectivity index (χ2v) is 5.30. The van der Waals surface area contributed by atoms with Gasteiger partial charge in [-0.2, -0.15) is 0 Å². The van der Waals surface area contributed by atoms with Crippen LogP contribution in [0.15, 0.2) is 4.99 Å². The van der Waals surface area contributed by atoms with Crippen LogP contribution in [0.2, 0.25) is 0 Å². The zero-order chi connectivity index (χ0) is 11.6. The lowest BCUT2D eigenvalue weighted by Crippen LogP contribution is -2.41. The highest BCUT2D eigenvalue weighted by Gasteiger charge is 2.55. The Kier molecular flexibility index (Phi) is 3.38. The molecule has 0 heterocycles. The van der Waals surface area contributed by atoms with E-state index in [9.17, 15) is 0 Å². The Hall–Kier alpha value is -0.770. The molecular formula is C12H23N3O. The zero-order valence-corrected chi connectivity index (χ0v) is 10.3. The Morgan fingerprint density at radius 3 is 2.88 bits per heavy atom. The highest BCUT2D eigenvalue weighted by atomic mass is 16.5. The van der Waals surface area contributed by atoms with Crippen LogP contribution in [0, 0.1) is 5.41 Å². The standard InChI is InChI=1S/C12H23N3O/c1-9(8-16-2)14-11(13)15-10-7-12(10)5-3-4-6-12/h9-10H,3-8H2,1-2H3,(H3,13,14,15). The van der Waals surface area contributed by atoms with Gasteiger partial charge in [0.05, 0.1) is 12.6 Å². The highest BCUT2D eigenvalue weighted by Crippen LogP contribution is 2.59. The first kappa shape index (κ1) is 11.7. The van der Waals surface area contributed by atoms with E-state index in [2.05, 4.69) is 10.3 Å². The minimum Gasteiger partial charge on any atom is -0.383 e. The van der Waals surface area contributed by atoms with E-state index >= 15 is 0 Å². The summed E-state index contributed by atoms with van der Waals surface area (Å²) in [7, 11) is 1.69. The molecule has 2 saturated carbocycles. The van der Waals surface area contributed by atoms with Crippen molar-refractivity contribution in [3.63, 3.8) is 0 Å². The van der Waals surface area contributed by atoms with Gasteiger partial charge in [0.1, 0.15) is 0 Å². The molecule has 2 aliphatic carbocycles. The molecule has 16 heavy (non-hydrogen) atoms. The van der Waals surface area contributed by atoms with Gasteiger partial charge in [-0.05, 0) is 31.6 Å². The van der Waals surface area contributed by atoms with E-state index in [-0.39, 0.29) is 6.04 Å². The molecule has 2 fully saturated rings. The van der Waals surface area contributed by atoms with Gasteiger partial charge < -0.3 is 15.8 Å². The molecule has 2 aliphatic rings. The molecule has 2 rings (SSSR count). The lowest BCUT2D eigenvalue weighted by molar-refractivity contribution is 0.179. The maximum Gasteiger partial charge on any atom is 0.189 e. The normalized spacial score (nSPS) is 29.4. The number of methoxy groups -OCH3 is 1. The summed E-state index contributed by atoms with van der Waals surface area (Å²) in [4.78, 5) is 4.57. The Balaban J connectivity index is 1.79. The van der Waals surface area contributed by atoms with Gasteiger partial charge in [-0.1, -0.05) is 12.8 Å².